The lowest BCUT2D eigenvalue weighted by molar-refractivity contribution is -0.255. The van der Waals surface area contributed by atoms with Crippen LogP contribution in [0.4, 0.5) is 0 Å². The predicted octanol–water partition coefficient (Wildman–Crippen LogP) is 7.44. The van der Waals surface area contributed by atoms with E-state index in [2.05, 4.69) is 40.7 Å². The topological polar surface area (TPSA) is 60.4 Å². The molecule has 0 amide bonds. The lowest BCUT2D eigenvalue weighted by atomic mass is 9.47. The Balaban J connectivity index is 0.000000301. The van der Waals surface area contributed by atoms with E-state index in [1.807, 2.05) is 0 Å². The van der Waals surface area contributed by atoms with E-state index in [0.717, 1.165) is 48.3 Å². The first-order valence-corrected chi connectivity index (χ1v) is 15.2. The molecule has 37 heavy (non-hydrogen) atoms. The number of carbonyl (C=O) groups excluding carboxylic acids is 1. The fourth-order valence-corrected chi connectivity index (χ4v) is 9.24. The highest BCUT2D eigenvalue weighted by Crippen LogP contribution is 2.67. The number of fused-ring (bicyclic) bond motifs is 5. The van der Waals surface area contributed by atoms with E-state index in [9.17, 15) is 15.0 Å². The number of carboxylic acids is 1. The van der Waals surface area contributed by atoms with Crippen molar-refractivity contribution < 1.29 is 15.0 Å². The van der Waals surface area contributed by atoms with E-state index in [-0.39, 0.29) is 11.7 Å². The van der Waals surface area contributed by atoms with Crippen molar-refractivity contribution in [1.82, 2.24) is 0 Å². The van der Waals surface area contributed by atoms with Crippen LogP contribution in [0.2, 0.25) is 0 Å². The number of hydrogen-bond donors (Lipinski definition) is 1. The Morgan fingerprint density at radius 1 is 1.00 bits per heavy atom. The third-order valence-electron chi connectivity index (χ3n) is 11.3. The summed E-state index contributed by atoms with van der Waals surface area (Å²) in [6.45, 7) is 12.6. The number of aromatic carboxylic acids is 1. The summed E-state index contributed by atoms with van der Waals surface area (Å²) in [4.78, 5) is 10.1. The largest absolute Gasteiger partial charge is 0.545 e. The van der Waals surface area contributed by atoms with E-state index >= 15 is 0 Å². The fourth-order valence-electron chi connectivity index (χ4n) is 9.24. The van der Waals surface area contributed by atoms with E-state index < -0.39 is 5.97 Å². The van der Waals surface area contributed by atoms with Gasteiger partial charge < -0.3 is 15.0 Å². The van der Waals surface area contributed by atoms with Crippen LogP contribution >= 0.6 is 0 Å². The summed E-state index contributed by atoms with van der Waals surface area (Å²) >= 11 is 0. The van der Waals surface area contributed by atoms with Crippen molar-refractivity contribution >= 4 is 5.97 Å². The molecule has 1 N–H and O–H groups in total. The molecule has 0 aliphatic heterocycles. The van der Waals surface area contributed by atoms with Crippen LogP contribution in [-0.4, -0.2) is 17.2 Å². The Morgan fingerprint density at radius 2 is 1.73 bits per heavy atom. The Bertz CT molecular complexity index is 936. The van der Waals surface area contributed by atoms with Gasteiger partial charge in [-0.15, -0.1) is 0 Å². The molecule has 5 rings (SSSR count). The summed E-state index contributed by atoms with van der Waals surface area (Å²) < 4.78 is 0. The zero-order valence-corrected chi connectivity index (χ0v) is 24.0. The van der Waals surface area contributed by atoms with Crippen molar-refractivity contribution in [3.05, 3.63) is 47.5 Å². The van der Waals surface area contributed by atoms with Crippen molar-refractivity contribution in [3.63, 3.8) is 0 Å². The first-order valence-electron chi connectivity index (χ1n) is 15.2. The number of benzene rings is 1. The Morgan fingerprint density at radius 3 is 2.38 bits per heavy atom. The average molecular weight is 508 g/mol. The number of rotatable bonds is 6. The van der Waals surface area contributed by atoms with Crippen LogP contribution in [0, 0.1) is 46.3 Å². The number of aliphatic hydroxyl groups is 1. The number of allylic oxidation sites excluding steroid dienone is 1. The van der Waals surface area contributed by atoms with Gasteiger partial charge in [-0.25, -0.2) is 0 Å². The molecule has 3 fully saturated rings. The van der Waals surface area contributed by atoms with Gasteiger partial charge in [0.15, 0.2) is 0 Å². The molecule has 4 aliphatic carbocycles. The van der Waals surface area contributed by atoms with Crippen molar-refractivity contribution in [2.45, 2.75) is 111 Å². The summed E-state index contributed by atoms with van der Waals surface area (Å²) in [5.41, 5.74) is 2.82. The van der Waals surface area contributed by atoms with Crippen molar-refractivity contribution in [2.75, 3.05) is 0 Å². The number of carbonyl (C=O) groups is 1. The molecule has 1 aromatic carbocycles. The van der Waals surface area contributed by atoms with Crippen molar-refractivity contribution in [3.8, 4) is 0 Å². The van der Waals surface area contributed by atoms with Gasteiger partial charge in [-0.3, -0.25) is 0 Å². The van der Waals surface area contributed by atoms with Crippen molar-refractivity contribution in [1.29, 1.82) is 0 Å². The van der Waals surface area contributed by atoms with Gasteiger partial charge in [-0.05, 0) is 103 Å². The third kappa shape index (κ3) is 5.87. The maximum absolute atomic E-state index is 10.2. The highest BCUT2D eigenvalue weighted by Gasteiger charge is 2.59. The molecule has 3 saturated carbocycles. The Hall–Kier alpha value is -1.61. The van der Waals surface area contributed by atoms with Crippen LogP contribution in [0.25, 0.3) is 0 Å². The van der Waals surface area contributed by atoms with Crippen LogP contribution in [-0.2, 0) is 0 Å². The molecule has 0 spiro atoms. The highest BCUT2D eigenvalue weighted by atomic mass is 16.4. The molecule has 3 heteroatoms. The van der Waals surface area contributed by atoms with Crippen LogP contribution in [0.15, 0.2) is 42.0 Å². The molecule has 1 aromatic rings. The van der Waals surface area contributed by atoms with E-state index in [1.165, 1.54) is 69.9 Å². The second kappa shape index (κ2) is 11.6. The first kappa shape index (κ1) is 28.4. The molecule has 0 aromatic heterocycles. The minimum Gasteiger partial charge on any atom is -0.545 e. The molecule has 0 radical (unpaired) electrons. The third-order valence-corrected chi connectivity index (χ3v) is 11.3. The molecular formula is C34H51O3-. The van der Waals surface area contributed by atoms with Crippen LogP contribution in [0.3, 0.4) is 0 Å². The summed E-state index contributed by atoms with van der Waals surface area (Å²) in [6, 6.07) is 8.06. The van der Waals surface area contributed by atoms with Gasteiger partial charge in [0.05, 0.1) is 12.1 Å². The first-order chi connectivity index (χ1) is 17.6. The van der Waals surface area contributed by atoms with E-state index in [0.29, 0.717) is 10.8 Å². The zero-order chi connectivity index (χ0) is 26.8. The molecule has 4 aliphatic rings. The maximum Gasteiger partial charge on any atom is 0.0715 e. The van der Waals surface area contributed by atoms with Gasteiger partial charge >= 0.3 is 0 Å². The van der Waals surface area contributed by atoms with E-state index in [4.69, 9.17) is 0 Å². The second-order valence-corrected chi connectivity index (χ2v) is 13.8. The zero-order valence-electron chi connectivity index (χ0n) is 24.0. The molecule has 206 valence electrons. The van der Waals surface area contributed by atoms with Gasteiger partial charge in [-0.1, -0.05) is 95.9 Å². The molecule has 0 saturated heterocycles. The van der Waals surface area contributed by atoms with Gasteiger partial charge in [0.25, 0.3) is 0 Å². The molecule has 8 atom stereocenters. The highest BCUT2D eigenvalue weighted by molar-refractivity contribution is 5.85. The Labute approximate surface area is 226 Å². The predicted molar refractivity (Wildman–Crippen MR) is 150 cm³/mol. The second-order valence-electron chi connectivity index (χ2n) is 13.8. The fraction of sp³-hybridized carbons (Fsp3) is 0.735. The normalized spacial score (nSPS) is 37.4. The van der Waals surface area contributed by atoms with Crippen LogP contribution < -0.4 is 5.11 Å². The number of carboxylic acid groups (broad SMARTS) is 1. The standard InChI is InChI=1S/C27H46O.C7H6O2/c1-18(2)7-6-8-19(3)23-11-12-24-22-10-9-20-17-21(28)13-15-26(20,4)25(22)14-16-27(23,24)5;8-7(9)6-4-2-1-3-5-6/h9,18-19,21-25,28H,6-8,10-17H2,1-5H3;1-5H,(H,8,9)/p-1/t19-,21+,22+,23-,24+,25+,26+,27-;/m1./s1. The van der Waals surface area contributed by atoms with Crippen molar-refractivity contribution in [2.24, 2.45) is 46.3 Å². The average Bonchev–Trinajstić information content (AvgIpc) is 3.22. The van der Waals surface area contributed by atoms with Gasteiger partial charge in [0.1, 0.15) is 0 Å². The van der Waals surface area contributed by atoms with Crippen LogP contribution in [0.1, 0.15) is 116 Å². The SMILES string of the molecule is CC(C)CCC[C@@H](C)[C@H]1CC[C@H]2[C@@H]3CC=C4C[C@@H](O)CC[C@]4(C)[C@H]3CC[C@]12C.O=C([O-])c1ccccc1. The lowest BCUT2D eigenvalue weighted by Crippen LogP contribution is -2.50. The molecule has 3 nitrogen and oxygen atoms in total. The smallest absolute Gasteiger partial charge is 0.0715 e. The molecule has 0 unspecified atom stereocenters. The Kier molecular flexibility index (Phi) is 8.94. The van der Waals surface area contributed by atoms with Crippen LogP contribution in [0.5, 0.6) is 0 Å². The van der Waals surface area contributed by atoms with E-state index in [1.54, 1.807) is 23.8 Å². The number of hydrogen-bond acceptors (Lipinski definition) is 3. The van der Waals surface area contributed by atoms with Gasteiger partial charge in [0.2, 0.25) is 0 Å². The lowest BCUT2D eigenvalue weighted by Gasteiger charge is -2.58. The molecule has 0 bridgehead atoms. The van der Waals surface area contributed by atoms with Gasteiger partial charge in [-0.2, -0.15) is 0 Å². The molecular weight excluding hydrogens is 456 g/mol. The molecule has 0 heterocycles. The quantitative estimate of drug-likeness (QED) is 0.407. The summed E-state index contributed by atoms with van der Waals surface area (Å²) in [7, 11) is 0. The number of aliphatic hydroxyl groups excluding tert-OH is 1. The minimum absolute atomic E-state index is 0.0766. The monoisotopic (exact) mass is 507 g/mol. The summed E-state index contributed by atoms with van der Waals surface area (Å²) in [5, 5.41) is 20.3. The summed E-state index contributed by atoms with van der Waals surface area (Å²) in [6.07, 6.45) is 17.2. The van der Waals surface area contributed by atoms with Gasteiger partial charge in [0, 0.05) is 0 Å². The summed E-state index contributed by atoms with van der Waals surface area (Å²) in [5.74, 6) is 4.33. The minimum atomic E-state index is -1.13. The maximum atomic E-state index is 10.2.